The van der Waals surface area contributed by atoms with Gasteiger partial charge in [0.1, 0.15) is 0 Å². The first-order valence-electron chi connectivity index (χ1n) is 9.01. The van der Waals surface area contributed by atoms with E-state index in [0.717, 1.165) is 16.7 Å². The average molecular weight is 373 g/mol. The van der Waals surface area contributed by atoms with E-state index < -0.39 is 0 Å². The molecule has 0 unspecified atom stereocenters. The van der Waals surface area contributed by atoms with Crippen molar-refractivity contribution in [3.05, 3.63) is 102 Å². The standard InChI is InChI=1S/C24H23NO3/c1-27-21-15-13-18(17-22(21)28-2)14-16-23(26)25-24(19-9-5-3-6-10-19)20-11-7-4-8-12-20/h3-17,24H,1-2H3,(H,25,26). The van der Waals surface area contributed by atoms with Crippen molar-refractivity contribution >= 4 is 12.0 Å². The third-order valence-corrected chi connectivity index (χ3v) is 4.39. The van der Waals surface area contributed by atoms with Crippen LogP contribution in [0.15, 0.2) is 84.9 Å². The normalized spacial score (nSPS) is 10.8. The summed E-state index contributed by atoms with van der Waals surface area (Å²) in [5, 5.41) is 3.09. The Bertz CT molecular complexity index is 897. The highest BCUT2D eigenvalue weighted by molar-refractivity contribution is 5.92. The summed E-state index contributed by atoms with van der Waals surface area (Å²) in [4.78, 5) is 12.6. The highest BCUT2D eigenvalue weighted by atomic mass is 16.5. The molecular weight excluding hydrogens is 350 g/mol. The van der Waals surface area contributed by atoms with Crippen molar-refractivity contribution in [3.63, 3.8) is 0 Å². The van der Waals surface area contributed by atoms with Crippen molar-refractivity contribution in [3.8, 4) is 11.5 Å². The molecule has 0 radical (unpaired) electrons. The van der Waals surface area contributed by atoms with Crippen LogP contribution in [0.25, 0.3) is 6.08 Å². The molecule has 28 heavy (non-hydrogen) atoms. The smallest absolute Gasteiger partial charge is 0.244 e. The number of carbonyl (C=O) groups is 1. The van der Waals surface area contributed by atoms with Crippen LogP contribution in [0, 0.1) is 0 Å². The molecule has 0 atom stereocenters. The van der Waals surface area contributed by atoms with Gasteiger partial charge in [-0.3, -0.25) is 4.79 Å². The summed E-state index contributed by atoms with van der Waals surface area (Å²) in [6.07, 6.45) is 3.28. The van der Waals surface area contributed by atoms with Crippen LogP contribution in [-0.2, 0) is 4.79 Å². The van der Waals surface area contributed by atoms with Crippen molar-refractivity contribution in [1.82, 2.24) is 5.32 Å². The quantitative estimate of drug-likeness (QED) is 0.615. The molecule has 4 heteroatoms. The molecule has 3 rings (SSSR count). The molecule has 0 spiro atoms. The van der Waals surface area contributed by atoms with Crippen molar-refractivity contribution in [1.29, 1.82) is 0 Å². The van der Waals surface area contributed by atoms with E-state index in [1.54, 1.807) is 20.3 Å². The molecule has 0 heterocycles. The van der Waals surface area contributed by atoms with Gasteiger partial charge >= 0.3 is 0 Å². The summed E-state index contributed by atoms with van der Waals surface area (Å²) in [7, 11) is 3.18. The topological polar surface area (TPSA) is 47.6 Å². The highest BCUT2D eigenvalue weighted by Gasteiger charge is 2.15. The zero-order chi connectivity index (χ0) is 19.8. The largest absolute Gasteiger partial charge is 0.493 e. The molecule has 0 aliphatic heterocycles. The average Bonchev–Trinajstić information content (AvgIpc) is 2.77. The fourth-order valence-electron chi connectivity index (χ4n) is 2.97. The second-order valence-electron chi connectivity index (χ2n) is 6.21. The lowest BCUT2D eigenvalue weighted by Gasteiger charge is -2.19. The second-order valence-corrected chi connectivity index (χ2v) is 6.21. The van der Waals surface area contributed by atoms with E-state index in [2.05, 4.69) is 5.32 Å². The fraction of sp³-hybridized carbons (Fsp3) is 0.125. The summed E-state index contributed by atoms with van der Waals surface area (Å²) >= 11 is 0. The molecule has 3 aromatic carbocycles. The van der Waals surface area contributed by atoms with Gasteiger partial charge in [-0.25, -0.2) is 0 Å². The van der Waals surface area contributed by atoms with Gasteiger partial charge in [0, 0.05) is 6.08 Å². The summed E-state index contributed by atoms with van der Waals surface area (Å²) in [5.41, 5.74) is 2.91. The molecule has 0 aliphatic carbocycles. The molecule has 3 aromatic rings. The minimum Gasteiger partial charge on any atom is -0.493 e. The zero-order valence-corrected chi connectivity index (χ0v) is 16.0. The minimum atomic E-state index is -0.218. The SMILES string of the molecule is COc1ccc(C=CC(=O)NC(c2ccccc2)c2ccccc2)cc1OC. The maximum atomic E-state index is 12.6. The van der Waals surface area contributed by atoms with Gasteiger partial charge in [0.15, 0.2) is 11.5 Å². The third-order valence-electron chi connectivity index (χ3n) is 4.39. The first-order chi connectivity index (χ1) is 13.7. The lowest BCUT2D eigenvalue weighted by atomic mass is 9.98. The molecule has 1 amide bonds. The molecule has 0 saturated heterocycles. The Hall–Kier alpha value is -3.53. The lowest BCUT2D eigenvalue weighted by molar-refractivity contribution is -0.116. The Labute approximate surface area is 165 Å². The van der Waals surface area contributed by atoms with E-state index in [0.29, 0.717) is 11.5 Å². The minimum absolute atomic E-state index is 0.174. The number of benzene rings is 3. The first kappa shape index (κ1) is 19.2. The molecule has 0 aliphatic rings. The Morgan fingerprint density at radius 2 is 1.39 bits per heavy atom. The number of hydrogen-bond donors (Lipinski definition) is 1. The summed E-state index contributed by atoms with van der Waals surface area (Å²) < 4.78 is 10.5. The number of hydrogen-bond acceptors (Lipinski definition) is 3. The van der Waals surface area contributed by atoms with Crippen LogP contribution >= 0.6 is 0 Å². The maximum absolute atomic E-state index is 12.6. The third kappa shape index (κ3) is 4.80. The van der Waals surface area contributed by atoms with Crippen molar-refractivity contribution in [2.45, 2.75) is 6.04 Å². The van der Waals surface area contributed by atoms with Crippen LogP contribution in [-0.4, -0.2) is 20.1 Å². The molecule has 142 valence electrons. The Morgan fingerprint density at radius 1 is 0.821 bits per heavy atom. The first-order valence-corrected chi connectivity index (χ1v) is 9.01. The van der Waals surface area contributed by atoms with Crippen molar-refractivity contribution in [2.75, 3.05) is 14.2 Å². The summed E-state index contributed by atoms with van der Waals surface area (Å²) in [6.45, 7) is 0. The maximum Gasteiger partial charge on any atom is 0.244 e. The van der Waals surface area contributed by atoms with Crippen LogP contribution in [0.1, 0.15) is 22.7 Å². The van der Waals surface area contributed by atoms with E-state index in [1.165, 1.54) is 6.08 Å². The van der Waals surface area contributed by atoms with E-state index in [1.807, 2.05) is 78.9 Å². The number of methoxy groups -OCH3 is 2. The Balaban J connectivity index is 1.78. The number of carbonyl (C=O) groups excluding carboxylic acids is 1. The van der Waals surface area contributed by atoms with E-state index in [-0.39, 0.29) is 11.9 Å². The summed E-state index contributed by atoms with van der Waals surface area (Å²) in [6, 6.07) is 25.1. The van der Waals surface area contributed by atoms with Crippen molar-refractivity contribution in [2.24, 2.45) is 0 Å². The summed E-state index contributed by atoms with van der Waals surface area (Å²) in [5.74, 6) is 1.10. The molecule has 1 N–H and O–H groups in total. The van der Waals surface area contributed by atoms with Gasteiger partial charge in [0.05, 0.1) is 20.3 Å². The molecular formula is C24H23NO3. The van der Waals surface area contributed by atoms with Gasteiger partial charge in [-0.2, -0.15) is 0 Å². The number of amides is 1. The zero-order valence-electron chi connectivity index (χ0n) is 16.0. The second kappa shape index (κ2) is 9.42. The Morgan fingerprint density at radius 3 is 1.93 bits per heavy atom. The Kier molecular flexibility index (Phi) is 6.47. The van der Waals surface area contributed by atoms with Gasteiger partial charge in [-0.15, -0.1) is 0 Å². The molecule has 4 nitrogen and oxygen atoms in total. The number of rotatable bonds is 7. The lowest BCUT2D eigenvalue weighted by Crippen LogP contribution is -2.27. The molecule has 0 aromatic heterocycles. The van der Waals surface area contributed by atoms with Crippen LogP contribution in [0.4, 0.5) is 0 Å². The highest BCUT2D eigenvalue weighted by Crippen LogP contribution is 2.28. The molecule has 0 saturated carbocycles. The van der Waals surface area contributed by atoms with Gasteiger partial charge in [-0.05, 0) is 34.9 Å². The predicted molar refractivity (Wildman–Crippen MR) is 111 cm³/mol. The number of ether oxygens (including phenoxy) is 2. The van der Waals surface area contributed by atoms with E-state index in [9.17, 15) is 4.79 Å². The van der Waals surface area contributed by atoms with Crippen LogP contribution in [0.2, 0.25) is 0 Å². The fourth-order valence-corrected chi connectivity index (χ4v) is 2.97. The van der Waals surface area contributed by atoms with E-state index >= 15 is 0 Å². The van der Waals surface area contributed by atoms with Gasteiger partial charge in [0.25, 0.3) is 0 Å². The van der Waals surface area contributed by atoms with E-state index in [4.69, 9.17) is 9.47 Å². The number of nitrogens with one attached hydrogen (secondary N) is 1. The van der Waals surface area contributed by atoms with Gasteiger partial charge in [-0.1, -0.05) is 66.7 Å². The predicted octanol–water partition coefficient (Wildman–Crippen LogP) is 4.62. The van der Waals surface area contributed by atoms with Crippen LogP contribution in [0.3, 0.4) is 0 Å². The van der Waals surface area contributed by atoms with Crippen molar-refractivity contribution < 1.29 is 14.3 Å². The van der Waals surface area contributed by atoms with Gasteiger partial charge in [0.2, 0.25) is 5.91 Å². The van der Waals surface area contributed by atoms with Crippen LogP contribution < -0.4 is 14.8 Å². The molecule has 0 bridgehead atoms. The van der Waals surface area contributed by atoms with Crippen LogP contribution in [0.5, 0.6) is 11.5 Å². The monoisotopic (exact) mass is 373 g/mol. The molecule has 0 fully saturated rings. The van der Waals surface area contributed by atoms with Gasteiger partial charge < -0.3 is 14.8 Å².